The molecule has 0 radical (unpaired) electrons. The first-order valence-corrected chi connectivity index (χ1v) is 8.74. The third-order valence-electron chi connectivity index (χ3n) is 4.74. The van der Waals surface area contributed by atoms with E-state index in [2.05, 4.69) is 4.98 Å². The van der Waals surface area contributed by atoms with Gasteiger partial charge in [-0.25, -0.2) is 0 Å². The Labute approximate surface area is 160 Å². The number of hydrogen-bond acceptors (Lipinski definition) is 6. The van der Waals surface area contributed by atoms with Crippen LogP contribution in [0.4, 0.5) is 0 Å². The van der Waals surface area contributed by atoms with E-state index in [-0.39, 0.29) is 17.6 Å². The molecule has 4 rings (SSSR count). The number of hydrogen-bond donors (Lipinski definition) is 1. The maximum absolute atomic E-state index is 12.6. The van der Waals surface area contributed by atoms with E-state index in [9.17, 15) is 14.7 Å². The molecule has 2 aromatic carbocycles. The molecule has 4 aromatic rings. The van der Waals surface area contributed by atoms with Crippen LogP contribution in [0, 0.1) is 0 Å². The zero-order valence-electron chi connectivity index (χ0n) is 15.1. The van der Waals surface area contributed by atoms with Crippen molar-refractivity contribution in [3.8, 4) is 5.75 Å². The molecule has 2 heterocycles. The summed E-state index contributed by atoms with van der Waals surface area (Å²) in [4.78, 5) is 29.0. The van der Waals surface area contributed by atoms with Crippen LogP contribution in [0.5, 0.6) is 5.75 Å². The highest BCUT2D eigenvalue weighted by molar-refractivity contribution is 5.81. The van der Waals surface area contributed by atoms with Gasteiger partial charge in [0.15, 0.2) is 5.76 Å². The molecule has 140 valence electrons. The van der Waals surface area contributed by atoms with E-state index in [1.165, 1.54) is 7.11 Å². The third kappa shape index (κ3) is 3.09. The van der Waals surface area contributed by atoms with Gasteiger partial charge < -0.3 is 14.3 Å². The van der Waals surface area contributed by atoms with E-state index in [0.717, 1.165) is 10.9 Å². The molecule has 2 aromatic heterocycles. The minimum Gasteiger partial charge on any atom is -0.502 e. The highest BCUT2D eigenvalue weighted by atomic mass is 16.5. The Bertz CT molecular complexity index is 1240. The topological polar surface area (TPSA) is 89.6 Å². The van der Waals surface area contributed by atoms with Crippen molar-refractivity contribution in [1.29, 1.82) is 0 Å². The minimum atomic E-state index is -0.686. The van der Waals surface area contributed by atoms with E-state index in [1.54, 1.807) is 36.5 Å². The number of methoxy groups -OCH3 is 1. The lowest BCUT2D eigenvalue weighted by Gasteiger charge is -2.17. The van der Waals surface area contributed by atoms with Crippen molar-refractivity contribution < 1.29 is 19.1 Å². The average Bonchev–Trinajstić information content (AvgIpc) is 2.74. The number of esters is 1. The van der Waals surface area contributed by atoms with Gasteiger partial charge >= 0.3 is 5.97 Å². The molecule has 0 spiro atoms. The van der Waals surface area contributed by atoms with Gasteiger partial charge in [-0.3, -0.25) is 14.6 Å². The summed E-state index contributed by atoms with van der Waals surface area (Å²) >= 11 is 0. The number of para-hydroxylation sites is 1. The summed E-state index contributed by atoms with van der Waals surface area (Å²) in [5.74, 6) is -1.63. The lowest BCUT2D eigenvalue weighted by molar-refractivity contribution is -0.140. The van der Waals surface area contributed by atoms with E-state index < -0.39 is 23.1 Å². The summed E-state index contributed by atoms with van der Waals surface area (Å²) in [5, 5.41) is 11.7. The zero-order valence-corrected chi connectivity index (χ0v) is 15.1. The quantitative estimate of drug-likeness (QED) is 0.547. The van der Waals surface area contributed by atoms with Gasteiger partial charge in [-0.15, -0.1) is 0 Å². The Kier molecular flexibility index (Phi) is 4.53. The molecule has 1 N–H and O–H groups in total. The van der Waals surface area contributed by atoms with Crippen LogP contribution in [0.25, 0.3) is 21.9 Å². The van der Waals surface area contributed by atoms with Crippen LogP contribution in [-0.4, -0.2) is 23.2 Å². The summed E-state index contributed by atoms with van der Waals surface area (Å²) in [7, 11) is 1.29. The molecule has 0 fully saturated rings. The van der Waals surface area contributed by atoms with Crippen LogP contribution in [-0.2, 0) is 9.53 Å². The van der Waals surface area contributed by atoms with E-state index in [1.807, 2.05) is 24.3 Å². The minimum absolute atomic E-state index is 0.0392. The first-order chi connectivity index (χ1) is 13.6. The monoisotopic (exact) mass is 375 g/mol. The Hall–Kier alpha value is -3.67. The highest BCUT2D eigenvalue weighted by Crippen LogP contribution is 2.35. The summed E-state index contributed by atoms with van der Waals surface area (Å²) in [6.07, 6.45) is 1.61. The smallest absolute Gasteiger partial charge is 0.306 e. The number of rotatable bonds is 4. The van der Waals surface area contributed by atoms with Crippen molar-refractivity contribution in [3.05, 3.63) is 82.3 Å². The first-order valence-electron chi connectivity index (χ1n) is 8.74. The van der Waals surface area contributed by atoms with Gasteiger partial charge in [0.25, 0.3) is 0 Å². The number of fused-ring (bicyclic) bond motifs is 2. The van der Waals surface area contributed by atoms with Gasteiger partial charge in [-0.2, -0.15) is 0 Å². The Morgan fingerprint density at radius 3 is 2.82 bits per heavy atom. The second kappa shape index (κ2) is 7.15. The van der Waals surface area contributed by atoms with Gasteiger partial charge in [0.05, 0.1) is 30.4 Å². The fourth-order valence-corrected chi connectivity index (χ4v) is 3.31. The molecule has 0 aliphatic heterocycles. The molecule has 6 heteroatoms. The van der Waals surface area contributed by atoms with Crippen LogP contribution in [0.15, 0.2) is 70.0 Å². The van der Waals surface area contributed by atoms with Crippen LogP contribution in [0.1, 0.15) is 23.7 Å². The van der Waals surface area contributed by atoms with Crippen LogP contribution in [0.2, 0.25) is 0 Å². The third-order valence-corrected chi connectivity index (χ3v) is 4.74. The zero-order chi connectivity index (χ0) is 19.7. The van der Waals surface area contributed by atoms with Crippen molar-refractivity contribution >= 4 is 27.8 Å². The van der Waals surface area contributed by atoms with Crippen molar-refractivity contribution in [2.24, 2.45) is 0 Å². The summed E-state index contributed by atoms with van der Waals surface area (Å²) in [5.41, 5.74) is 1.32. The molecule has 0 aliphatic rings. The predicted molar refractivity (Wildman–Crippen MR) is 104 cm³/mol. The summed E-state index contributed by atoms with van der Waals surface area (Å²) in [6.45, 7) is 0. The molecule has 1 unspecified atom stereocenters. The summed E-state index contributed by atoms with van der Waals surface area (Å²) in [6, 6.07) is 15.9. The maximum atomic E-state index is 12.6. The standard InChI is InChI=1S/C22H17NO5/c1-27-19(24)12-16(13-8-9-17-14(11-13)5-4-10-23-17)22-21(26)20(25)15-6-2-3-7-18(15)28-22/h2-11,16,26H,12H2,1H3. The number of nitrogens with zero attached hydrogens (tertiary/aromatic N) is 1. The van der Waals surface area contributed by atoms with E-state index in [0.29, 0.717) is 11.1 Å². The highest BCUT2D eigenvalue weighted by Gasteiger charge is 2.27. The molecular weight excluding hydrogens is 358 g/mol. The largest absolute Gasteiger partial charge is 0.502 e. The number of carbonyl (C=O) groups excluding carboxylic acids is 1. The van der Waals surface area contributed by atoms with Gasteiger partial charge in [0, 0.05) is 11.6 Å². The lowest BCUT2D eigenvalue weighted by Crippen LogP contribution is -2.13. The maximum Gasteiger partial charge on any atom is 0.306 e. The Morgan fingerprint density at radius 2 is 2.00 bits per heavy atom. The first kappa shape index (κ1) is 17.7. The van der Waals surface area contributed by atoms with Crippen molar-refractivity contribution in [3.63, 3.8) is 0 Å². The number of ether oxygens (including phenoxy) is 1. The molecule has 0 aliphatic carbocycles. The Balaban J connectivity index is 1.93. The van der Waals surface area contributed by atoms with Gasteiger partial charge in [-0.1, -0.05) is 24.3 Å². The summed E-state index contributed by atoms with van der Waals surface area (Å²) < 4.78 is 10.7. The second-order valence-corrected chi connectivity index (χ2v) is 6.43. The molecule has 1 atom stereocenters. The van der Waals surface area contributed by atoms with Crippen LogP contribution >= 0.6 is 0 Å². The molecule has 0 saturated carbocycles. The van der Waals surface area contributed by atoms with Gasteiger partial charge in [-0.05, 0) is 35.9 Å². The molecule has 0 bridgehead atoms. The SMILES string of the molecule is COC(=O)CC(c1ccc2ncccc2c1)c1oc2ccccc2c(=O)c1O. The number of aromatic hydroxyl groups is 1. The number of carbonyl (C=O) groups is 1. The van der Waals surface area contributed by atoms with Crippen molar-refractivity contribution in [2.45, 2.75) is 12.3 Å². The fourth-order valence-electron chi connectivity index (χ4n) is 3.31. The van der Waals surface area contributed by atoms with E-state index >= 15 is 0 Å². The predicted octanol–water partition coefficient (Wildman–Crippen LogP) is 3.74. The fraction of sp³-hybridized carbons (Fsp3) is 0.136. The van der Waals surface area contributed by atoms with Gasteiger partial charge in [0.1, 0.15) is 5.58 Å². The van der Waals surface area contributed by atoms with Crippen molar-refractivity contribution in [2.75, 3.05) is 7.11 Å². The number of pyridine rings is 1. The average molecular weight is 375 g/mol. The molecule has 0 amide bonds. The van der Waals surface area contributed by atoms with E-state index in [4.69, 9.17) is 9.15 Å². The van der Waals surface area contributed by atoms with Crippen LogP contribution < -0.4 is 5.43 Å². The number of aromatic nitrogens is 1. The Morgan fingerprint density at radius 1 is 1.18 bits per heavy atom. The van der Waals surface area contributed by atoms with Crippen molar-refractivity contribution in [1.82, 2.24) is 4.98 Å². The normalized spacial score (nSPS) is 12.2. The molecule has 6 nitrogen and oxygen atoms in total. The lowest BCUT2D eigenvalue weighted by atomic mass is 9.91. The molecule has 0 saturated heterocycles. The molecular formula is C22H17NO5. The van der Waals surface area contributed by atoms with Gasteiger partial charge in [0.2, 0.25) is 11.2 Å². The second-order valence-electron chi connectivity index (χ2n) is 6.43. The van der Waals surface area contributed by atoms with Crippen LogP contribution in [0.3, 0.4) is 0 Å². The number of benzene rings is 2. The molecule has 28 heavy (non-hydrogen) atoms.